The molecule has 0 unspecified atom stereocenters. The first-order valence-corrected chi connectivity index (χ1v) is 15.6. The Kier molecular flexibility index (Phi) is 8.37. The maximum atomic E-state index is 14.0. The van der Waals surface area contributed by atoms with E-state index in [0.717, 1.165) is 60.5 Å². The normalized spacial score (nSPS) is 21.7. The van der Waals surface area contributed by atoms with Crippen LogP contribution < -0.4 is 15.4 Å². The predicted molar refractivity (Wildman–Crippen MR) is 159 cm³/mol. The van der Waals surface area contributed by atoms with Crippen LogP contribution in [-0.4, -0.2) is 64.7 Å². The summed E-state index contributed by atoms with van der Waals surface area (Å²) in [6, 6.07) is 12.8. The van der Waals surface area contributed by atoms with Gasteiger partial charge in [0.1, 0.15) is 10.8 Å². The summed E-state index contributed by atoms with van der Waals surface area (Å²) in [6.07, 6.45) is 4.93. The quantitative estimate of drug-likeness (QED) is 0.373. The van der Waals surface area contributed by atoms with E-state index in [1.54, 1.807) is 23.5 Å². The Labute approximate surface area is 245 Å². The van der Waals surface area contributed by atoms with Gasteiger partial charge in [0.25, 0.3) is 11.8 Å². The van der Waals surface area contributed by atoms with Gasteiger partial charge in [-0.05, 0) is 76.1 Å². The third-order valence-corrected chi connectivity index (χ3v) is 9.57. The number of carbonyl (C=O) groups excluding carboxylic acids is 2. The van der Waals surface area contributed by atoms with Crippen molar-refractivity contribution in [3.8, 4) is 5.75 Å². The number of hydrogen-bond donors (Lipinski definition) is 3. The lowest BCUT2D eigenvalue weighted by atomic mass is 9.93. The summed E-state index contributed by atoms with van der Waals surface area (Å²) < 4.78 is 5.99. The molecule has 0 aliphatic carbocycles. The van der Waals surface area contributed by atoms with Gasteiger partial charge in [0.15, 0.2) is 0 Å². The van der Waals surface area contributed by atoms with Gasteiger partial charge in [0.2, 0.25) is 0 Å². The number of aryl methyl sites for hydroxylation is 1. The Morgan fingerprint density at radius 3 is 2.80 bits per heavy atom. The third-order valence-electron chi connectivity index (χ3n) is 8.50. The number of aliphatic hydroxyl groups is 1. The molecule has 3 aliphatic heterocycles. The van der Waals surface area contributed by atoms with Crippen molar-refractivity contribution < 1.29 is 19.4 Å². The number of carbonyl (C=O) groups is 2. The zero-order chi connectivity index (χ0) is 28.3. The van der Waals surface area contributed by atoms with E-state index < -0.39 is 12.1 Å². The number of aromatic nitrogens is 1. The van der Waals surface area contributed by atoms with Gasteiger partial charge in [-0.2, -0.15) is 0 Å². The van der Waals surface area contributed by atoms with Crippen LogP contribution in [0.4, 0.5) is 0 Å². The number of ether oxygens (including phenoxy) is 1. The van der Waals surface area contributed by atoms with Crippen molar-refractivity contribution in [1.29, 1.82) is 0 Å². The Balaban J connectivity index is 1.29. The molecule has 4 atom stereocenters. The predicted octanol–water partition coefficient (Wildman–Crippen LogP) is 4.21. The van der Waals surface area contributed by atoms with Gasteiger partial charge in [-0.3, -0.25) is 9.59 Å². The lowest BCUT2D eigenvalue weighted by molar-refractivity contribution is 0.0731. The fourth-order valence-electron chi connectivity index (χ4n) is 6.40. The molecule has 216 valence electrons. The number of thiazole rings is 1. The fraction of sp³-hybridized carbons (Fsp3) is 0.469. The van der Waals surface area contributed by atoms with E-state index >= 15 is 0 Å². The molecule has 2 saturated heterocycles. The first-order valence-electron chi connectivity index (χ1n) is 14.8. The molecule has 0 spiro atoms. The molecule has 6 rings (SSSR count). The number of aliphatic hydroxyl groups excluding tert-OH is 1. The molecule has 1 aromatic heterocycles. The summed E-state index contributed by atoms with van der Waals surface area (Å²) in [5.41, 5.74) is 3.74. The van der Waals surface area contributed by atoms with Gasteiger partial charge in [-0.1, -0.05) is 30.3 Å². The van der Waals surface area contributed by atoms with Gasteiger partial charge >= 0.3 is 0 Å². The van der Waals surface area contributed by atoms with Crippen LogP contribution in [0.1, 0.15) is 80.7 Å². The van der Waals surface area contributed by atoms with Crippen LogP contribution in [0.15, 0.2) is 47.8 Å². The summed E-state index contributed by atoms with van der Waals surface area (Å²) in [5.74, 6) is 0.209. The standard InChI is InChI=1S/C32H38N4O4S/c1-20-19-41-31(34-20)27-12-6-14-36(27)32(39)22-17-24(23-10-7-15-40-28(23)18-22)30(38)35-26(16-21-8-3-2-4-9-21)29(37)25-11-5-13-33-25/h2-4,8-9,17-19,25-27,29,33,37H,5-7,10-16H2,1H3,(H,35,38)/t25-,26+,27-,29-/m1/s1. The zero-order valence-corrected chi connectivity index (χ0v) is 24.3. The molecule has 8 nitrogen and oxygen atoms in total. The van der Waals surface area contributed by atoms with E-state index in [4.69, 9.17) is 4.74 Å². The largest absolute Gasteiger partial charge is 0.493 e. The number of fused-ring (bicyclic) bond motifs is 1. The van der Waals surface area contributed by atoms with Crippen LogP contribution in [0.5, 0.6) is 5.75 Å². The molecule has 3 aromatic rings. The third kappa shape index (κ3) is 6.03. The number of rotatable bonds is 8. The van der Waals surface area contributed by atoms with Gasteiger partial charge in [0, 0.05) is 40.4 Å². The van der Waals surface area contributed by atoms with E-state index in [-0.39, 0.29) is 23.9 Å². The van der Waals surface area contributed by atoms with E-state index in [2.05, 4.69) is 15.6 Å². The van der Waals surface area contributed by atoms with E-state index in [1.165, 1.54) is 0 Å². The molecule has 0 bridgehead atoms. The second-order valence-corrected chi connectivity index (χ2v) is 12.3. The van der Waals surface area contributed by atoms with Gasteiger partial charge in [-0.15, -0.1) is 11.3 Å². The molecule has 3 aliphatic rings. The fourth-order valence-corrected chi connectivity index (χ4v) is 7.34. The molecule has 2 fully saturated rings. The average Bonchev–Trinajstić information content (AvgIpc) is 3.78. The molecule has 9 heteroatoms. The average molecular weight is 575 g/mol. The highest BCUT2D eigenvalue weighted by Crippen LogP contribution is 2.37. The summed E-state index contributed by atoms with van der Waals surface area (Å²) >= 11 is 1.59. The molecular formula is C32H38N4O4S. The maximum absolute atomic E-state index is 14.0. The van der Waals surface area contributed by atoms with Crippen LogP contribution >= 0.6 is 11.3 Å². The molecule has 0 radical (unpaired) electrons. The smallest absolute Gasteiger partial charge is 0.254 e. The topological polar surface area (TPSA) is 104 Å². The number of benzene rings is 2. The summed E-state index contributed by atoms with van der Waals surface area (Å²) in [7, 11) is 0. The molecule has 3 N–H and O–H groups in total. The molecule has 2 amide bonds. The minimum atomic E-state index is -0.745. The van der Waals surface area contributed by atoms with Crippen molar-refractivity contribution in [3.05, 3.63) is 80.8 Å². The highest BCUT2D eigenvalue weighted by atomic mass is 32.1. The van der Waals surface area contributed by atoms with Crippen molar-refractivity contribution in [3.63, 3.8) is 0 Å². The number of amides is 2. The summed E-state index contributed by atoms with van der Waals surface area (Å²) in [6.45, 7) is 4.04. The highest BCUT2D eigenvalue weighted by molar-refractivity contribution is 7.09. The zero-order valence-electron chi connectivity index (χ0n) is 23.5. The molecule has 4 heterocycles. The summed E-state index contributed by atoms with van der Waals surface area (Å²) in [4.78, 5) is 34.4. The van der Waals surface area contributed by atoms with Crippen LogP contribution in [0.3, 0.4) is 0 Å². The minimum absolute atomic E-state index is 0.0558. The van der Waals surface area contributed by atoms with E-state index in [1.807, 2.05) is 47.5 Å². The van der Waals surface area contributed by atoms with Crippen molar-refractivity contribution in [2.45, 2.75) is 76.1 Å². The number of hydrogen-bond acceptors (Lipinski definition) is 7. The van der Waals surface area contributed by atoms with Crippen molar-refractivity contribution in [1.82, 2.24) is 20.5 Å². The van der Waals surface area contributed by atoms with Gasteiger partial charge in [0.05, 0.1) is 24.8 Å². The van der Waals surface area contributed by atoms with Crippen LogP contribution in [0.2, 0.25) is 0 Å². The minimum Gasteiger partial charge on any atom is -0.493 e. The van der Waals surface area contributed by atoms with Crippen molar-refractivity contribution in [2.24, 2.45) is 0 Å². The monoisotopic (exact) mass is 574 g/mol. The Morgan fingerprint density at radius 2 is 2.05 bits per heavy atom. The maximum Gasteiger partial charge on any atom is 0.254 e. The molecule has 2 aromatic carbocycles. The number of likely N-dealkylation sites (tertiary alicyclic amines) is 1. The van der Waals surface area contributed by atoms with Crippen LogP contribution in [0.25, 0.3) is 0 Å². The first-order chi connectivity index (χ1) is 20.0. The second kappa shape index (κ2) is 12.3. The molecular weight excluding hydrogens is 536 g/mol. The van der Waals surface area contributed by atoms with Crippen molar-refractivity contribution in [2.75, 3.05) is 19.7 Å². The van der Waals surface area contributed by atoms with Gasteiger partial charge in [-0.25, -0.2) is 4.98 Å². The Morgan fingerprint density at radius 1 is 1.20 bits per heavy atom. The first kappa shape index (κ1) is 27.9. The van der Waals surface area contributed by atoms with Crippen LogP contribution in [-0.2, 0) is 12.8 Å². The second-order valence-electron chi connectivity index (χ2n) is 11.4. The van der Waals surface area contributed by atoms with Crippen molar-refractivity contribution >= 4 is 23.2 Å². The lowest BCUT2D eigenvalue weighted by Crippen LogP contribution is -2.52. The SMILES string of the molecule is Cc1csc([C@H]2CCCN2C(=O)c2cc3c(c(C(=O)N[C@@H](Cc4ccccc4)[C@H](O)[C@H]4CCCN4)c2)CCCO3)n1. The molecule has 0 saturated carbocycles. The van der Waals surface area contributed by atoms with E-state index in [9.17, 15) is 14.7 Å². The summed E-state index contributed by atoms with van der Waals surface area (Å²) in [5, 5.41) is 20.9. The number of nitrogens with one attached hydrogen (secondary N) is 2. The Bertz CT molecular complexity index is 1390. The van der Waals surface area contributed by atoms with Crippen LogP contribution in [0, 0.1) is 6.92 Å². The molecule has 41 heavy (non-hydrogen) atoms. The lowest BCUT2D eigenvalue weighted by Gasteiger charge is -2.30. The van der Waals surface area contributed by atoms with E-state index in [0.29, 0.717) is 42.9 Å². The van der Waals surface area contributed by atoms with Gasteiger partial charge < -0.3 is 25.4 Å². The highest BCUT2D eigenvalue weighted by Gasteiger charge is 2.35. The Hall–Kier alpha value is -3.27. The number of nitrogens with zero attached hydrogens (tertiary/aromatic N) is 2.